The third-order valence-corrected chi connectivity index (χ3v) is 6.45. The maximum atomic E-state index is 13.4. The SMILES string of the molecule is Nc1c(C(=O)NCc2ccc3c(c2)OCO3)c2nc3ccccc3nc2n1CCN1CCOCC1. The molecule has 1 amide bonds. The molecule has 35 heavy (non-hydrogen) atoms. The molecule has 2 aliphatic heterocycles. The van der Waals surface area contributed by atoms with Crippen molar-refractivity contribution in [3.63, 3.8) is 0 Å². The summed E-state index contributed by atoms with van der Waals surface area (Å²) in [4.78, 5) is 25.3. The molecule has 0 unspecified atom stereocenters. The number of ether oxygens (including phenoxy) is 3. The molecule has 2 aromatic carbocycles. The Bertz CT molecular complexity index is 1410. The van der Waals surface area contributed by atoms with Gasteiger partial charge in [-0.2, -0.15) is 0 Å². The van der Waals surface area contributed by atoms with Crippen molar-refractivity contribution in [1.82, 2.24) is 24.8 Å². The molecular weight excluding hydrogens is 448 g/mol. The van der Waals surface area contributed by atoms with Crippen LogP contribution >= 0.6 is 0 Å². The number of morpholine rings is 1. The lowest BCUT2D eigenvalue weighted by Crippen LogP contribution is -2.38. The number of nitrogens with zero attached hydrogens (tertiary/aromatic N) is 4. The molecule has 0 radical (unpaired) electrons. The second-order valence-corrected chi connectivity index (χ2v) is 8.62. The first-order valence-corrected chi connectivity index (χ1v) is 11.7. The molecule has 4 heterocycles. The number of carbonyl (C=O) groups is 1. The lowest BCUT2D eigenvalue weighted by atomic mass is 10.2. The third kappa shape index (κ3) is 4.11. The van der Waals surface area contributed by atoms with E-state index in [4.69, 9.17) is 29.9 Å². The number of nitrogen functional groups attached to an aromatic ring is 1. The highest BCUT2D eigenvalue weighted by molar-refractivity contribution is 6.10. The van der Waals surface area contributed by atoms with Crippen molar-refractivity contribution < 1.29 is 19.0 Å². The van der Waals surface area contributed by atoms with Gasteiger partial charge in [-0.05, 0) is 29.8 Å². The quantitative estimate of drug-likeness (QED) is 0.437. The standard InChI is InChI=1S/C25H26N6O4/c26-23-21(25(32)27-14-16-5-6-19-20(13-16)35-15-34-19)22-24(29-18-4-2-1-3-17(18)28-22)31(23)8-7-30-9-11-33-12-10-30/h1-6,13H,7-12,14-15,26H2,(H,27,32). The van der Waals surface area contributed by atoms with E-state index in [-0.39, 0.29) is 12.7 Å². The zero-order chi connectivity index (χ0) is 23.8. The van der Waals surface area contributed by atoms with Crippen LogP contribution in [-0.2, 0) is 17.8 Å². The number of nitrogens with one attached hydrogen (secondary N) is 1. The highest BCUT2D eigenvalue weighted by Gasteiger charge is 2.24. The van der Waals surface area contributed by atoms with E-state index in [0.717, 1.165) is 49.4 Å². The van der Waals surface area contributed by atoms with Crippen LogP contribution < -0.4 is 20.5 Å². The largest absolute Gasteiger partial charge is 0.454 e. The number of hydrogen-bond donors (Lipinski definition) is 2. The molecule has 3 N–H and O–H groups in total. The minimum atomic E-state index is -0.292. The van der Waals surface area contributed by atoms with Gasteiger partial charge >= 0.3 is 0 Å². The summed E-state index contributed by atoms with van der Waals surface area (Å²) in [6, 6.07) is 13.2. The number of benzene rings is 2. The maximum Gasteiger partial charge on any atom is 0.257 e. The molecule has 0 bridgehead atoms. The maximum absolute atomic E-state index is 13.4. The average Bonchev–Trinajstić information content (AvgIpc) is 3.46. The van der Waals surface area contributed by atoms with Crippen LogP contribution in [0.15, 0.2) is 42.5 Å². The van der Waals surface area contributed by atoms with Gasteiger partial charge in [0, 0.05) is 32.7 Å². The number of carbonyl (C=O) groups excluding carboxylic acids is 1. The number of nitrogens with two attached hydrogens (primary N) is 1. The third-order valence-electron chi connectivity index (χ3n) is 6.45. The van der Waals surface area contributed by atoms with Gasteiger partial charge in [0.15, 0.2) is 17.1 Å². The predicted octanol–water partition coefficient (Wildman–Crippen LogP) is 2.16. The monoisotopic (exact) mass is 474 g/mol. The van der Waals surface area contributed by atoms with Crippen LogP contribution in [-0.4, -0.2) is 65.0 Å². The fourth-order valence-electron chi connectivity index (χ4n) is 4.56. The van der Waals surface area contributed by atoms with Gasteiger partial charge in [-0.3, -0.25) is 9.69 Å². The number of aromatic nitrogens is 3. The first-order valence-electron chi connectivity index (χ1n) is 11.7. The van der Waals surface area contributed by atoms with Gasteiger partial charge in [0.05, 0.1) is 24.2 Å². The summed E-state index contributed by atoms with van der Waals surface area (Å²) in [6.07, 6.45) is 0. The summed E-state index contributed by atoms with van der Waals surface area (Å²) in [5.41, 5.74) is 10.4. The van der Waals surface area contributed by atoms with Crippen LogP contribution in [0.25, 0.3) is 22.2 Å². The van der Waals surface area contributed by atoms with Crippen molar-refractivity contribution in [2.24, 2.45) is 0 Å². The summed E-state index contributed by atoms with van der Waals surface area (Å²) in [5, 5.41) is 2.98. The number of rotatable bonds is 6. The molecule has 4 aromatic rings. The van der Waals surface area contributed by atoms with Crippen molar-refractivity contribution >= 4 is 33.9 Å². The summed E-state index contributed by atoms with van der Waals surface area (Å²) >= 11 is 0. The number of amides is 1. The van der Waals surface area contributed by atoms with Crippen molar-refractivity contribution in [3.8, 4) is 11.5 Å². The molecule has 2 aliphatic rings. The number of anilines is 1. The Morgan fingerprint density at radius 1 is 1.00 bits per heavy atom. The number of hydrogen-bond acceptors (Lipinski definition) is 8. The van der Waals surface area contributed by atoms with Crippen LogP contribution in [0.3, 0.4) is 0 Å². The van der Waals surface area contributed by atoms with Gasteiger partial charge in [-0.15, -0.1) is 0 Å². The Labute approximate surface area is 201 Å². The number of para-hydroxylation sites is 2. The zero-order valence-corrected chi connectivity index (χ0v) is 19.2. The van der Waals surface area contributed by atoms with Crippen LogP contribution in [0.1, 0.15) is 15.9 Å². The summed E-state index contributed by atoms with van der Waals surface area (Å²) in [5.74, 6) is 1.45. The summed E-state index contributed by atoms with van der Waals surface area (Å²) in [7, 11) is 0. The molecule has 10 heteroatoms. The molecule has 0 aliphatic carbocycles. The van der Waals surface area contributed by atoms with E-state index in [9.17, 15) is 4.79 Å². The minimum Gasteiger partial charge on any atom is -0.454 e. The molecule has 0 spiro atoms. The average molecular weight is 475 g/mol. The highest BCUT2D eigenvalue weighted by Crippen LogP contribution is 2.33. The van der Waals surface area contributed by atoms with E-state index in [2.05, 4.69) is 10.2 Å². The Morgan fingerprint density at radius 3 is 2.60 bits per heavy atom. The Balaban J connectivity index is 1.32. The topological polar surface area (TPSA) is 117 Å². The fourth-order valence-corrected chi connectivity index (χ4v) is 4.56. The normalized spacial score (nSPS) is 15.7. The van der Waals surface area contributed by atoms with E-state index in [1.807, 2.05) is 47.0 Å². The van der Waals surface area contributed by atoms with Crippen molar-refractivity contribution in [2.45, 2.75) is 13.1 Å². The van der Waals surface area contributed by atoms with Gasteiger partial charge in [0.2, 0.25) is 6.79 Å². The zero-order valence-electron chi connectivity index (χ0n) is 19.2. The molecule has 0 saturated carbocycles. The van der Waals surface area contributed by atoms with Crippen LogP contribution in [0.4, 0.5) is 5.82 Å². The highest BCUT2D eigenvalue weighted by atomic mass is 16.7. The molecule has 1 fully saturated rings. The van der Waals surface area contributed by atoms with Crippen LogP contribution in [0, 0.1) is 0 Å². The Kier molecular flexibility index (Phi) is 5.59. The first kappa shape index (κ1) is 21.6. The molecule has 0 atom stereocenters. The second kappa shape index (κ2) is 9.05. The van der Waals surface area contributed by atoms with Crippen molar-refractivity contribution in [1.29, 1.82) is 0 Å². The van der Waals surface area contributed by atoms with Crippen LogP contribution in [0.2, 0.25) is 0 Å². The van der Waals surface area contributed by atoms with Gasteiger partial charge in [-0.1, -0.05) is 18.2 Å². The van der Waals surface area contributed by atoms with Gasteiger partial charge in [0.25, 0.3) is 5.91 Å². The minimum absolute atomic E-state index is 0.207. The van der Waals surface area contributed by atoms with Gasteiger partial charge in [0.1, 0.15) is 16.9 Å². The van der Waals surface area contributed by atoms with Crippen molar-refractivity contribution in [3.05, 3.63) is 53.6 Å². The molecule has 2 aromatic heterocycles. The molecule has 6 rings (SSSR count). The smallest absolute Gasteiger partial charge is 0.257 e. The van der Waals surface area contributed by atoms with Crippen molar-refractivity contribution in [2.75, 3.05) is 45.4 Å². The van der Waals surface area contributed by atoms with E-state index in [0.29, 0.717) is 47.1 Å². The van der Waals surface area contributed by atoms with E-state index >= 15 is 0 Å². The van der Waals surface area contributed by atoms with E-state index < -0.39 is 0 Å². The van der Waals surface area contributed by atoms with E-state index in [1.165, 1.54) is 0 Å². The number of fused-ring (bicyclic) bond motifs is 3. The summed E-state index contributed by atoms with van der Waals surface area (Å²) < 4.78 is 18.2. The molecule has 180 valence electrons. The first-order chi connectivity index (χ1) is 17.2. The lowest BCUT2D eigenvalue weighted by Gasteiger charge is -2.26. The predicted molar refractivity (Wildman–Crippen MR) is 130 cm³/mol. The lowest BCUT2D eigenvalue weighted by molar-refractivity contribution is 0.0366. The summed E-state index contributed by atoms with van der Waals surface area (Å²) in [6.45, 7) is 5.09. The van der Waals surface area contributed by atoms with Gasteiger partial charge in [-0.25, -0.2) is 9.97 Å². The second-order valence-electron chi connectivity index (χ2n) is 8.62. The molecular formula is C25H26N6O4. The molecule has 10 nitrogen and oxygen atoms in total. The van der Waals surface area contributed by atoms with Gasteiger partial charge < -0.3 is 29.8 Å². The fraction of sp³-hybridized carbons (Fsp3) is 0.320. The van der Waals surface area contributed by atoms with E-state index in [1.54, 1.807) is 0 Å². The Morgan fingerprint density at radius 2 is 1.77 bits per heavy atom. The Hall–Kier alpha value is -3.89. The molecule has 1 saturated heterocycles. The van der Waals surface area contributed by atoms with Crippen LogP contribution in [0.5, 0.6) is 11.5 Å².